The molecule has 0 aliphatic heterocycles. The highest BCUT2D eigenvalue weighted by molar-refractivity contribution is 6.10. The van der Waals surface area contributed by atoms with Crippen LogP contribution >= 0.6 is 0 Å². The van der Waals surface area contributed by atoms with Crippen LogP contribution in [0.1, 0.15) is 62.1 Å². The average molecular weight is 462 g/mol. The van der Waals surface area contributed by atoms with Gasteiger partial charge in [0.05, 0.1) is 33.4 Å². The number of esters is 4. The lowest BCUT2D eigenvalue weighted by molar-refractivity contribution is 0.0383. The molecule has 34 heavy (non-hydrogen) atoms. The average Bonchev–Trinajstić information content (AvgIpc) is 2.83. The molecule has 0 aliphatic rings. The lowest BCUT2D eigenvalue weighted by atomic mass is 10.1. The van der Waals surface area contributed by atoms with Gasteiger partial charge in [0.1, 0.15) is 0 Å². The summed E-state index contributed by atoms with van der Waals surface area (Å²) in [4.78, 5) is 71.8. The Hall–Kier alpha value is -5.12. The third kappa shape index (κ3) is 5.19. The van der Waals surface area contributed by atoms with Crippen molar-refractivity contribution in [3.8, 4) is 0 Å². The number of rotatable bonds is 6. The van der Waals surface area contributed by atoms with E-state index in [-0.39, 0.29) is 33.4 Å². The smallest absolute Gasteiger partial charge is 0.346 e. The quantitative estimate of drug-likeness (QED) is 0.411. The summed E-state index contributed by atoms with van der Waals surface area (Å²) in [6, 6.07) is 15.0. The van der Waals surface area contributed by atoms with Crippen LogP contribution in [0, 0.1) is 0 Å². The highest BCUT2D eigenvalue weighted by Crippen LogP contribution is 2.15. The summed E-state index contributed by atoms with van der Waals surface area (Å²) < 4.78 is 9.43. The molecule has 0 aromatic heterocycles. The van der Waals surface area contributed by atoms with Gasteiger partial charge in [0, 0.05) is 0 Å². The second-order valence-corrected chi connectivity index (χ2v) is 6.64. The van der Waals surface area contributed by atoms with Gasteiger partial charge in [-0.2, -0.15) is 0 Å². The monoisotopic (exact) mass is 462 g/mol. The van der Waals surface area contributed by atoms with Crippen molar-refractivity contribution in [2.75, 3.05) is 0 Å². The molecule has 0 radical (unpaired) electrons. The first kappa shape index (κ1) is 23.5. The summed E-state index contributed by atoms with van der Waals surface area (Å²) in [6.07, 6.45) is 0. The largest absolute Gasteiger partial charge is 0.478 e. The lowest BCUT2D eigenvalue weighted by Gasteiger charge is -2.08. The number of carboxylic acids is 2. The van der Waals surface area contributed by atoms with Crippen molar-refractivity contribution in [3.05, 3.63) is 106 Å². The van der Waals surface area contributed by atoms with Gasteiger partial charge in [-0.25, -0.2) is 28.8 Å². The second kappa shape index (κ2) is 10.0. The molecule has 0 saturated carbocycles. The van der Waals surface area contributed by atoms with E-state index in [1.807, 2.05) is 0 Å². The standard InChI is InChI=1S/C24H14O10/c25-19(26)15-8-1-3-10-17(15)23(31)33-21(29)13-6-5-7-14(12-13)22(30)34-24(32)18-11-4-2-9-16(18)20(27)28/h1-12H,(H,25,26)(H,27,28). The van der Waals surface area contributed by atoms with Gasteiger partial charge in [0.25, 0.3) is 0 Å². The van der Waals surface area contributed by atoms with E-state index >= 15 is 0 Å². The molecular formula is C24H14O10. The van der Waals surface area contributed by atoms with Gasteiger partial charge in [0.15, 0.2) is 0 Å². The number of carbonyl (C=O) groups excluding carboxylic acids is 4. The third-order valence-electron chi connectivity index (χ3n) is 4.46. The number of ether oxygens (including phenoxy) is 2. The topological polar surface area (TPSA) is 161 Å². The van der Waals surface area contributed by atoms with Crippen LogP contribution in [0.5, 0.6) is 0 Å². The molecule has 0 heterocycles. The third-order valence-corrected chi connectivity index (χ3v) is 4.46. The fourth-order valence-electron chi connectivity index (χ4n) is 2.86. The SMILES string of the molecule is O=C(OC(=O)c1ccccc1C(=O)O)c1cccc(C(=O)OC(=O)c2ccccc2C(=O)O)c1. The predicted octanol–water partition coefficient (Wildman–Crippen LogP) is 3.08. The zero-order valence-corrected chi connectivity index (χ0v) is 17.1. The molecule has 170 valence electrons. The molecule has 3 aromatic carbocycles. The second-order valence-electron chi connectivity index (χ2n) is 6.64. The molecule has 0 amide bonds. The highest BCUT2D eigenvalue weighted by atomic mass is 16.6. The minimum Gasteiger partial charge on any atom is -0.478 e. The van der Waals surface area contributed by atoms with E-state index in [2.05, 4.69) is 0 Å². The fraction of sp³-hybridized carbons (Fsp3) is 0. The molecule has 0 saturated heterocycles. The maximum atomic E-state index is 12.4. The van der Waals surface area contributed by atoms with Gasteiger partial charge in [-0.3, -0.25) is 0 Å². The Kier molecular flexibility index (Phi) is 6.92. The molecule has 0 aliphatic carbocycles. The van der Waals surface area contributed by atoms with Crippen LogP contribution in [-0.2, 0) is 9.47 Å². The van der Waals surface area contributed by atoms with Gasteiger partial charge < -0.3 is 19.7 Å². The van der Waals surface area contributed by atoms with Crippen LogP contribution in [0.3, 0.4) is 0 Å². The van der Waals surface area contributed by atoms with Crippen molar-refractivity contribution in [1.29, 1.82) is 0 Å². The molecule has 0 spiro atoms. The van der Waals surface area contributed by atoms with Crippen LogP contribution in [0.25, 0.3) is 0 Å². The van der Waals surface area contributed by atoms with E-state index in [1.54, 1.807) is 0 Å². The summed E-state index contributed by atoms with van der Waals surface area (Å²) >= 11 is 0. The Bertz CT molecular complexity index is 1240. The first-order chi connectivity index (χ1) is 16.2. The molecule has 0 fully saturated rings. The highest BCUT2D eigenvalue weighted by Gasteiger charge is 2.23. The Morgan fingerprint density at radius 3 is 1.18 bits per heavy atom. The van der Waals surface area contributed by atoms with Crippen LogP contribution in [0.2, 0.25) is 0 Å². The van der Waals surface area contributed by atoms with E-state index in [9.17, 15) is 28.8 Å². The summed E-state index contributed by atoms with van der Waals surface area (Å²) in [6.45, 7) is 0. The molecule has 0 unspecified atom stereocenters. The molecule has 2 N–H and O–H groups in total. The van der Waals surface area contributed by atoms with Gasteiger partial charge in [-0.1, -0.05) is 30.3 Å². The van der Waals surface area contributed by atoms with E-state index < -0.39 is 35.8 Å². The minimum absolute atomic E-state index is 0.256. The predicted molar refractivity (Wildman–Crippen MR) is 113 cm³/mol. The van der Waals surface area contributed by atoms with Crippen molar-refractivity contribution in [2.24, 2.45) is 0 Å². The van der Waals surface area contributed by atoms with E-state index in [1.165, 1.54) is 66.7 Å². The van der Waals surface area contributed by atoms with Gasteiger partial charge in [-0.05, 0) is 42.5 Å². The molecule has 10 nitrogen and oxygen atoms in total. The normalized spacial score (nSPS) is 10.1. The fourth-order valence-corrected chi connectivity index (χ4v) is 2.86. The summed E-state index contributed by atoms with van der Waals surface area (Å²) in [5.41, 5.74) is -1.93. The van der Waals surface area contributed by atoms with E-state index in [0.717, 1.165) is 6.07 Å². The number of hydrogen-bond acceptors (Lipinski definition) is 8. The van der Waals surface area contributed by atoms with Crippen LogP contribution in [0.4, 0.5) is 0 Å². The van der Waals surface area contributed by atoms with Crippen molar-refractivity contribution in [2.45, 2.75) is 0 Å². The molecule has 10 heteroatoms. The zero-order chi connectivity index (χ0) is 24.8. The summed E-state index contributed by atoms with van der Waals surface area (Å²) in [5.74, 6) is -7.56. The number of carboxylic acid groups (broad SMARTS) is 2. The zero-order valence-electron chi connectivity index (χ0n) is 17.1. The van der Waals surface area contributed by atoms with E-state index in [4.69, 9.17) is 19.7 Å². The molecule has 3 rings (SSSR count). The molecular weight excluding hydrogens is 448 g/mol. The Morgan fingerprint density at radius 2 is 0.824 bits per heavy atom. The van der Waals surface area contributed by atoms with Gasteiger partial charge in [0.2, 0.25) is 0 Å². The van der Waals surface area contributed by atoms with Gasteiger partial charge >= 0.3 is 35.8 Å². The molecule has 3 aromatic rings. The van der Waals surface area contributed by atoms with Crippen LogP contribution in [-0.4, -0.2) is 46.0 Å². The number of hydrogen-bond donors (Lipinski definition) is 2. The first-order valence-corrected chi connectivity index (χ1v) is 9.46. The van der Waals surface area contributed by atoms with Crippen molar-refractivity contribution in [1.82, 2.24) is 0 Å². The van der Waals surface area contributed by atoms with Gasteiger partial charge in [-0.15, -0.1) is 0 Å². The molecule has 0 atom stereocenters. The van der Waals surface area contributed by atoms with Crippen molar-refractivity contribution >= 4 is 35.8 Å². The Balaban J connectivity index is 1.76. The maximum absolute atomic E-state index is 12.4. The Morgan fingerprint density at radius 1 is 0.471 bits per heavy atom. The Labute approximate surface area is 191 Å². The van der Waals surface area contributed by atoms with E-state index in [0.29, 0.717) is 0 Å². The maximum Gasteiger partial charge on any atom is 0.346 e. The number of aromatic carboxylic acids is 2. The van der Waals surface area contributed by atoms with Crippen LogP contribution in [0.15, 0.2) is 72.8 Å². The van der Waals surface area contributed by atoms with Crippen molar-refractivity contribution in [3.63, 3.8) is 0 Å². The minimum atomic E-state index is -1.39. The molecule has 0 bridgehead atoms. The first-order valence-electron chi connectivity index (χ1n) is 9.46. The number of benzene rings is 3. The summed E-state index contributed by atoms with van der Waals surface area (Å²) in [7, 11) is 0. The van der Waals surface area contributed by atoms with Crippen LogP contribution < -0.4 is 0 Å². The number of carbonyl (C=O) groups is 6. The summed E-state index contributed by atoms with van der Waals surface area (Å²) in [5, 5.41) is 18.3. The van der Waals surface area contributed by atoms with Crippen molar-refractivity contribution < 1.29 is 48.5 Å². The lowest BCUT2D eigenvalue weighted by Crippen LogP contribution is -2.18.